The van der Waals surface area contributed by atoms with Gasteiger partial charge in [-0.15, -0.1) is 0 Å². The predicted molar refractivity (Wildman–Crippen MR) is 155 cm³/mol. The smallest absolute Gasteiger partial charge is 0.296 e. The van der Waals surface area contributed by atoms with Gasteiger partial charge in [-0.2, -0.15) is 5.23 Å². The molecule has 3 aromatic carbocycles. The number of ketones is 1. The Morgan fingerprint density at radius 1 is 1.02 bits per heavy atom. The Bertz CT molecular complexity index is 1850. The van der Waals surface area contributed by atoms with Crippen LogP contribution in [0.2, 0.25) is 0 Å². The van der Waals surface area contributed by atoms with Gasteiger partial charge in [-0.1, -0.05) is 47.2 Å². The summed E-state index contributed by atoms with van der Waals surface area (Å²) in [5.74, 6) is -1.66. The molecule has 1 aliphatic rings. The molecule has 1 aromatic heterocycles. The molecule has 1 amide bonds. The maximum Gasteiger partial charge on any atom is 0.296 e. The Balaban J connectivity index is 1.61. The molecular formula is C29H25N3O9S2. The highest BCUT2D eigenvalue weighted by atomic mass is 32.2. The first-order valence-corrected chi connectivity index (χ1v) is 14.9. The number of hydrogen-bond acceptors (Lipinski definition) is 11. The van der Waals surface area contributed by atoms with E-state index in [1.807, 2.05) is 6.92 Å². The normalized spacial score (nSPS) is 16.0. The van der Waals surface area contributed by atoms with Gasteiger partial charge >= 0.3 is 0 Å². The maximum absolute atomic E-state index is 13.8. The summed E-state index contributed by atoms with van der Waals surface area (Å²) in [5, 5.41) is 30.1. The standard InChI is InChI=1S/C29H25N3O9S2/c1-16-4-6-17(7-5-16)26(33)24-25(18-8-13-21(40-2)22(14-18)41-3)31(28(35)27(24)34)29-30-15-23(42-29)43(38,39)20-11-9-19(10-12-20)32(36)37/h4-15,25,32,34,36H,1-3H3. The lowest BCUT2D eigenvalue weighted by Crippen LogP contribution is -2.99. The number of hydrogen-bond donors (Lipinski definition) is 3. The van der Waals surface area contributed by atoms with E-state index in [1.165, 1.54) is 26.4 Å². The Hall–Kier alpha value is -4.60. The number of nitrogens with zero attached hydrogens (tertiary/aromatic N) is 2. The highest BCUT2D eigenvalue weighted by Gasteiger charge is 2.46. The Kier molecular flexibility index (Phi) is 8.05. The van der Waals surface area contributed by atoms with Gasteiger partial charge in [0.15, 0.2) is 33.9 Å². The minimum atomic E-state index is -4.15. The summed E-state index contributed by atoms with van der Waals surface area (Å²) in [6, 6.07) is 14.8. The lowest BCUT2D eigenvalue weighted by atomic mass is 9.92. The first kappa shape index (κ1) is 29.9. The van der Waals surface area contributed by atoms with Crippen LogP contribution < -0.4 is 19.6 Å². The summed E-state index contributed by atoms with van der Waals surface area (Å²) in [6.45, 7) is 1.85. The van der Waals surface area contributed by atoms with Crippen molar-refractivity contribution in [1.82, 2.24) is 4.98 Å². The molecule has 3 N–H and O–H groups in total. The van der Waals surface area contributed by atoms with Crippen molar-refractivity contribution in [3.05, 3.63) is 106 Å². The van der Waals surface area contributed by atoms with Gasteiger partial charge < -0.3 is 19.8 Å². The van der Waals surface area contributed by atoms with E-state index < -0.39 is 38.6 Å². The van der Waals surface area contributed by atoms with Crippen molar-refractivity contribution in [3.8, 4) is 11.5 Å². The van der Waals surface area contributed by atoms with Crippen molar-refractivity contribution < 1.29 is 43.0 Å². The van der Waals surface area contributed by atoms with Crippen LogP contribution in [-0.2, 0) is 14.6 Å². The molecule has 0 radical (unpaired) electrons. The van der Waals surface area contributed by atoms with Crippen LogP contribution in [0.3, 0.4) is 0 Å². The van der Waals surface area contributed by atoms with Crippen molar-refractivity contribution in [3.63, 3.8) is 0 Å². The van der Waals surface area contributed by atoms with Gasteiger partial charge in [-0.25, -0.2) is 18.6 Å². The van der Waals surface area contributed by atoms with Crippen LogP contribution in [0.15, 0.2) is 93.4 Å². The van der Waals surface area contributed by atoms with Crippen LogP contribution in [0.25, 0.3) is 0 Å². The van der Waals surface area contributed by atoms with Crippen LogP contribution in [0.5, 0.6) is 11.5 Å². The highest BCUT2D eigenvalue weighted by Crippen LogP contribution is 2.45. The van der Waals surface area contributed by atoms with Crippen molar-refractivity contribution in [2.75, 3.05) is 19.1 Å². The molecule has 2 heterocycles. The van der Waals surface area contributed by atoms with Crippen molar-refractivity contribution >= 4 is 43.7 Å². The second-order valence-electron chi connectivity index (χ2n) is 9.44. The van der Waals surface area contributed by atoms with E-state index in [9.17, 15) is 28.3 Å². The average Bonchev–Trinajstić information content (AvgIpc) is 3.60. The number of aromatic nitrogens is 1. The molecule has 0 fully saturated rings. The second kappa shape index (κ2) is 11.6. The number of ether oxygens (including phenoxy) is 2. The zero-order chi connectivity index (χ0) is 31.1. The topological polar surface area (TPSA) is 171 Å². The van der Waals surface area contributed by atoms with Gasteiger partial charge in [-0.3, -0.25) is 14.5 Å². The monoisotopic (exact) mass is 623 g/mol. The highest BCUT2D eigenvalue weighted by molar-refractivity contribution is 7.93. The zero-order valence-corrected chi connectivity index (χ0v) is 24.6. The van der Waals surface area contributed by atoms with Crippen molar-refractivity contribution in [1.29, 1.82) is 0 Å². The molecule has 43 heavy (non-hydrogen) atoms. The number of Topliss-reactive ketones (excluding diaryl/α,β-unsaturated/α-hetero) is 1. The largest absolute Gasteiger partial charge is 0.595 e. The molecule has 222 valence electrons. The molecule has 12 nitrogen and oxygen atoms in total. The number of nitrogens with one attached hydrogen (secondary N) is 1. The minimum absolute atomic E-state index is 0.0864. The first-order valence-electron chi connectivity index (χ1n) is 12.6. The quantitative estimate of drug-likeness (QED) is 0.185. The fraction of sp³-hybridized carbons (Fsp3) is 0.138. The number of thiazole rings is 1. The Morgan fingerprint density at radius 2 is 1.67 bits per heavy atom. The summed E-state index contributed by atoms with van der Waals surface area (Å²) >= 11 is 0.660. The third kappa shape index (κ3) is 5.37. The van der Waals surface area contributed by atoms with E-state index >= 15 is 0 Å². The molecule has 4 aromatic rings. The molecule has 14 heteroatoms. The third-order valence-electron chi connectivity index (χ3n) is 6.84. The number of amides is 1. The lowest BCUT2D eigenvalue weighted by molar-refractivity contribution is -0.991. The van der Waals surface area contributed by atoms with Gasteiger partial charge in [-0.05, 0) is 36.8 Å². The van der Waals surface area contributed by atoms with E-state index in [-0.39, 0.29) is 31.1 Å². The second-order valence-corrected chi connectivity index (χ2v) is 12.6. The molecule has 1 aliphatic heterocycles. The van der Waals surface area contributed by atoms with Crippen molar-refractivity contribution in [2.45, 2.75) is 22.1 Å². The van der Waals surface area contributed by atoms with Crippen LogP contribution in [0.1, 0.15) is 27.5 Å². The molecule has 0 bridgehead atoms. The number of sulfone groups is 1. The zero-order valence-electron chi connectivity index (χ0n) is 23.0. The molecule has 2 atom stereocenters. The number of aliphatic hydroxyl groups is 1. The Labute approximate surface area is 250 Å². The summed E-state index contributed by atoms with van der Waals surface area (Å²) in [5.41, 5.74) is 1.21. The number of quaternary nitrogens is 1. The van der Waals surface area contributed by atoms with Crippen molar-refractivity contribution in [2.24, 2.45) is 0 Å². The molecule has 5 rings (SSSR count). The number of carbonyl (C=O) groups is 2. The number of carbonyl (C=O) groups excluding carboxylic acids is 2. The third-order valence-corrected chi connectivity index (χ3v) is 10.1. The van der Waals surface area contributed by atoms with E-state index in [1.54, 1.807) is 42.5 Å². The first-order chi connectivity index (χ1) is 20.5. The van der Waals surface area contributed by atoms with Crippen LogP contribution in [0, 0.1) is 12.1 Å². The number of methoxy groups -OCH3 is 2. The minimum Gasteiger partial charge on any atom is -0.595 e. The molecule has 2 unspecified atom stereocenters. The summed E-state index contributed by atoms with van der Waals surface area (Å²) in [7, 11) is -1.28. The van der Waals surface area contributed by atoms with Gasteiger partial charge in [0.05, 0.1) is 36.9 Å². The number of aryl methyl sites for hydroxylation is 1. The molecule has 0 saturated heterocycles. The van der Waals surface area contributed by atoms with Crippen LogP contribution >= 0.6 is 11.3 Å². The average molecular weight is 624 g/mol. The SMILES string of the molecule is COc1ccc(C2C(C(=O)c3ccc(C)cc3)=C(O)C(=O)N2c2ncc(S(=O)(=O)c3ccc([NH+]([O-])O)cc3)s2)cc1OC. The van der Waals surface area contributed by atoms with Gasteiger partial charge in [0.25, 0.3) is 5.91 Å². The number of aliphatic hydroxyl groups excluding tert-OH is 1. The predicted octanol–water partition coefficient (Wildman–Crippen LogP) is 3.49. The van der Waals surface area contributed by atoms with Gasteiger partial charge in [0.2, 0.25) is 9.84 Å². The van der Waals surface area contributed by atoms with Gasteiger partial charge in [0.1, 0.15) is 4.21 Å². The molecule has 0 spiro atoms. The lowest BCUT2D eigenvalue weighted by Gasteiger charge is -2.25. The van der Waals surface area contributed by atoms with Crippen LogP contribution in [-0.4, -0.2) is 49.6 Å². The summed E-state index contributed by atoms with van der Waals surface area (Å²) in [6.07, 6.45) is 1.07. The fourth-order valence-electron chi connectivity index (χ4n) is 4.61. The Morgan fingerprint density at radius 3 is 2.28 bits per heavy atom. The molecule has 0 aliphatic carbocycles. The number of anilines is 1. The molecule has 0 saturated carbocycles. The number of rotatable bonds is 9. The summed E-state index contributed by atoms with van der Waals surface area (Å²) < 4.78 is 37.2. The maximum atomic E-state index is 13.8. The molecular weight excluding hydrogens is 598 g/mol. The van der Waals surface area contributed by atoms with E-state index in [0.29, 0.717) is 28.4 Å². The summed E-state index contributed by atoms with van der Waals surface area (Å²) in [4.78, 5) is 32.4. The van der Waals surface area contributed by atoms with Gasteiger partial charge in [0, 0.05) is 17.7 Å². The van der Waals surface area contributed by atoms with Crippen LogP contribution in [0.4, 0.5) is 10.8 Å². The number of benzene rings is 3. The van der Waals surface area contributed by atoms with E-state index in [0.717, 1.165) is 28.8 Å². The van der Waals surface area contributed by atoms with E-state index in [2.05, 4.69) is 4.98 Å². The fourth-order valence-corrected chi connectivity index (χ4v) is 7.16. The van der Waals surface area contributed by atoms with E-state index in [4.69, 9.17) is 14.7 Å².